The standard InChI is InChI=1S/C13H14N4OS/c14-6-2-1-3-7-16-12(18)9-4-5-10-11(8-9)19-13(15)17-10/h4-5,8H,1-3,7H2,(H2,15,17)(H,16,18). The van der Waals surface area contributed by atoms with Crippen molar-refractivity contribution in [1.82, 2.24) is 10.3 Å². The van der Waals surface area contributed by atoms with Gasteiger partial charge < -0.3 is 11.1 Å². The molecule has 0 saturated carbocycles. The first-order valence-electron chi connectivity index (χ1n) is 6.02. The van der Waals surface area contributed by atoms with Crippen molar-refractivity contribution in [1.29, 1.82) is 5.26 Å². The number of rotatable bonds is 5. The van der Waals surface area contributed by atoms with Gasteiger partial charge in [0.2, 0.25) is 0 Å². The Morgan fingerprint density at radius 1 is 1.47 bits per heavy atom. The second-order valence-corrected chi connectivity index (χ2v) is 5.17. The van der Waals surface area contributed by atoms with E-state index in [0.29, 0.717) is 23.7 Å². The lowest BCUT2D eigenvalue weighted by atomic mass is 10.2. The lowest BCUT2D eigenvalue weighted by Gasteiger charge is -2.04. The van der Waals surface area contributed by atoms with Crippen molar-refractivity contribution in [3.63, 3.8) is 0 Å². The third kappa shape index (κ3) is 3.42. The quantitative estimate of drug-likeness (QED) is 0.818. The van der Waals surface area contributed by atoms with Gasteiger partial charge in [-0.3, -0.25) is 4.79 Å². The average molecular weight is 274 g/mol. The molecule has 0 saturated heterocycles. The summed E-state index contributed by atoms with van der Waals surface area (Å²) in [4.78, 5) is 16.0. The first kappa shape index (κ1) is 13.3. The third-order valence-electron chi connectivity index (χ3n) is 2.67. The van der Waals surface area contributed by atoms with E-state index in [2.05, 4.69) is 16.4 Å². The number of nitriles is 1. The number of benzene rings is 1. The molecule has 2 rings (SSSR count). The van der Waals surface area contributed by atoms with Crippen LogP contribution in [0, 0.1) is 11.3 Å². The number of nitrogen functional groups attached to an aromatic ring is 1. The highest BCUT2D eigenvalue weighted by Gasteiger charge is 2.08. The lowest BCUT2D eigenvalue weighted by Crippen LogP contribution is -2.24. The molecule has 1 aromatic carbocycles. The minimum absolute atomic E-state index is 0.106. The summed E-state index contributed by atoms with van der Waals surface area (Å²) in [5.41, 5.74) is 7.04. The van der Waals surface area contributed by atoms with E-state index in [1.807, 2.05) is 0 Å². The van der Waals surface area contributed by atoms with E-state index in [9.17, 15) is 4.79 Å². The number of anilines is 1. The normalized spacial score (nSPS) is 10.3. The Labute approximate surface area is 115 Å². The van der Waals surface area contributed by atoms with Crippen LogP contribution in [0.4, 0.5) is 5.13 Å². The number of aromatic nitrogens is 1. The van der Waals surface area contributed by atoms with Crippen LogP contribution in [0.15, 0.2) is 18.2 Å². The average Bonchev–Trinajstić information content (AvgIpc) is 2.77. The van der Waals surface area contributed by atoms with E-state index in [-0.39, 0.29) is 5.91 Å². The molecule has 5 nitrogen and oxygen atoms in total. The Hall–Kier alpha value is -2.13. The molecule has 2 aromatic rings. The number of amides is 1. The Kier molecular flexibility index (Phi) is 4.31. The van der Waals surface area contributed by atoms with Crippen LogP contribution in [0.5, 0.6) is 0 Å². The molecule has 0 aliphatic heterocycles. The Morgan fingerprint density at radius 3 is 3.11 bits per heavy atom. The number of unbranched alkanes of at least 4 members (excludes halogenated alkanes) is 2. The van der Waals surface area contributed by atoms with Gasteiger partial charge in [-0.1, -0.05) is 11.3 Å². The fourth-order valence-electron chi connectivity index (χ4n) is 1.72. The summed E-state index contributed by atoms with van der Waals surface area (Å²) in [6, 6.07) is 7.42. The summed E-state index contributed by atoms with van der Waals surface area (Å²) < 4.78 is 0.912. The van der Waals surface area contributed by atoms with Gasteiger partial charge in [0.25, 0.3) is 5.91 Å². The van der Waals surface area contributed by atoms with Crippen LogP contribution in [0.1, 0.15) is 29.6 Å². The first-order valence-corrected chi connectivity index (χ1v) is 6.83. The maximum atomic E-state index is 11.9. The summed E-state index contributed by atoms with van der Waals surface area (Å²) in [7, 11) is 0. The number of fused-ring (bicyclic) bond motifs is 1. The molecule has 19 heavy (non-hydrogen) atoms. The van der Waals surface area contributed by atoms with Gasteiger partial charge in [0, 0.05) is 18.5 Å². The van der Waals surface area contributed by atoms with Crippen LogP contribution in [-0.4, -0.2) is 17.4 Å². The molecular weight excluding hydrogens is 260 g/mol. The Morgan fingerprint density at radius 2 is 2.32 bits per heavy atom. The first-order chi connectivity index (χ1) is 9.20. The van der Waals surface area contributed by atoms with Gasteiger partial charge in [0.15, 0.2) is 5.13 Å². The fraction of sp³-hybridized carbons (Fsp3) is 0.308. The number of carbonyl (C=O) groups excluding carboxylic acids is 1. The summed E-state index contributed by atoms with van der Waals surface area (Å²) in [6.07, 6.45) is 2.15. The number of thiazole rings is 1. The van der Waals surface area contributed by atoms with Crippen molar-refractivity contribution in [3.8, 4) is 6.07 Å². The molecule has 0 bridgehead atoms. The van der Waals surface area contributed by atoms with Gasteiger partial charge in [-0.2, -0.15) is 5.26 Å². The van der Waals surface area contributed by atoms with E-state index in [4.69, 9.17) is 11.0 Å². The molecular formula is C13H14N4OS. The molecule has 3 N–H and O–H groups in total. The van der Waals surface area contributed by atoms with Crippen molar-refractivity contribution >= 4 is 32.6 Å². The summed E-state index contributed by atoms with van der Waals surface area (Å²) in [5, 5.41) is 11.7. The van der Waals surface area contributed by atoms with Gasteiger partial charge >= 0.3 is 0 Å². The molecule has 0 aliphatic rings. The van der Waals surface area contributed by atoms with Gasteiger partial charge in [0.1, 0.15) is 0 Å². The molecule has 0 fully saturated rings. The van der Waals surface area contributed by atoms with Crippen molar-refractivity contribution in [3.05, 3.63) is 23.8 Å². The van der Waals surface area contributed by atoms with Crippen LogP contribution in [0.2, 0.25) is 0 Å². The summed E-state index contributed by atoms with van der Waals surface area (Å²) in [6.45, 7) is 0.587. The van der Waals surface area contributed by atoms with Crippen LogP contribution < -0.4 is 11.1 Å². The number of hydrogen-bond donors (Lipinski definition) is 2. The van der Waals surface area contributed by atoms with Crippen molar-refractivity contribution in [2.75, 3.05) is 12.3 Å². The Balaban J connectivity index is 1.95. The third-order valence-corrected chi connectivity index (χ3v) is 3.52. The minimum atomic E-state index is -0.106. The van der Waals surface area contributed by atoms with Crippen molar-refractivity contribution in [2.45, 2.75) is 19.3 Å². The topological polar surface area (TPSA) is 91.8 Å². The number of nitrogens with one attached hydrogen (secondary N) is 1. The van der Waals surface area contributed by atoms with Gasteiger partial charge in [-0.15, -0.1) is 0 Å². The van der Waals surface area contributed by atoms with Crippen molar-refractivity contribution in [2.24, 2.45) is 0 Å². The smallest absolute Gasteiger partial charge is 0.251 e. The highest BCUT2D eigenvalue weighted by molar-refractivity contribution is 7.22. The zero-order valence-corrected chi connectivity index (χ0v) is 11.2. The molecule has 0 spiro atoms. The van der Waals surface area contributed by atoms with Crippen molar-refractivity contribution < 1.29 is 4.79 Å². The molecule has 1 aromatic heterocycles. The maximum absolute atomic E-state index is 11.9. The van der Waals surface area contributed by atoms with Gasteiger partial charge in [-0.05, 0) is 31.0 Å². The van der Waals surface area contributed by atoms with Gasteiger partial charge in [-0.25, -0.2) is 4.98 Å². The van der Waals surface area contributed by atoms with Crippen LogP contribution in [-0.2, 0) is 0 Å². The molecule has 6 heteroatoms. The zero-order chi connectivity index (χ0) is 13.7. The predicted octanol–water partition coefficient (Wildman–Crippen LogP) is 2.30. The largest absolute Gasteiger partial charge is 0.375 e. The van der Waals surface area contributed by atoms with Crippen LogP contribution >= 0.6 is 11.3 Å². The molecule has 0 unspecified atom stereocenters. The number of carbonyl (C=O) groups is 1. The summed E-state index contributed by atoms with van der Waals surface area (Å²) >= 11 is 1.37. The highest BCUT2D eigenvalue weighted by atomic mass is 32.1. The molecule has 1 amide bonds. The molecule has 0 radical (unpaired) electrons. The van der Waals surface area contributed by atoms with E-state index in [0.717, 1.165) is 23.1 Å². The number of nitrogens with zero attached hydrogens (tertiary/aromatic N) is 2. The highest BCUT2D eigenvalue weighted by Crippen LogP contribution is 2.24. The number of nitrogens with two attached hydrogens (primary N) is 1. The molecule has 98 valence electrons. The maximum Gasteiger partial charge on any atom is 0.251 e. The summed E-state index contributed by atoms with van der Waals surface area (Å²) in [5.74, 6) is -0.106. The van der Waals surface area contributed by atoms with Gasteiger partial charge in [0.05, 0.1) is 16.3 Å². The number of hydrogen-bond acceptors (Lipinski definition) is 5. The second kappa shape index (κ2) is 6.16. The van der Waals surface area contributed by atoms with E-state index in [1.54, 1.807) is 18.2 Å². The second-order valence-electron chi connectivity index (χ2n) is 4.11. The molecule has 0 atom stereocenters. The van der Waals surface area contributed by atoms with E-state index < -0.39 is 0 Å². The minimum Gasteiger partial charge on any atom is -0.375 e. The zero-order valence-electron chi connectivity index (χ0n) is 10.3. The van der Waals surface area contributed by atoms with Crippen LogP contribution in [0.25, 0.3) is 10.2 Å². The predicted molar refractivity (Wildman–Crippen MR) is 75.8 cm³/mol. The monoisotopic (exact) mass is 274 g/mol. The molecule has 0 aliphatic carbocycles. The van der Waals surface area contributed by atoms with E-state index >= 15 is 0 Å². The SMILES string of the molecule is N#CCCCCNC(=O)c1ccc2nc(N)sc2c1. The van der Waals surface area contributed by atoms with E-state index in [1.165, 1.54) is 11.3 Å². The fourth-order valence-corrected chi connectivity index (χ4v) is 2.49. The molecule has 1 heterocycles. The Bertz CT molecular complexity index is 629. The lowest BCUT2D eigenvalue weighted by molar-refractivity contribution is 0.0953. The van der Waals surface area contributed by atoms with Crippen LogP contribution in [0.3, 0.4) is 0 Å².